The first-order chi connectivity index (χ1) is 5.61. The van der Waals surface area contributed by atoms with Crippen LogP contribution in [-0.4, -0.2) is 32.0 Å². The maximum Gasteiger partial charge on any atom is 0.410 e. The van der Waals surface area contributed by atoms with Crippen molar-refractivity contribution in [2.45, 2.75) is 0 Å². The van der Waals surface area contributed by atoms with E-state index >= 15 is 0 Å². The second-order valence-corrected chi connectivity index (χ2v) is 1.90. The summed E-state index contributed by atoms with van der Waals surface area (Å²) in [4.78, 5) is 13.6. The third-order valence-corrected chi connectivity index (χ3v) is 1.08. The number of imidazole rings is 1. The Morgan fingerprint density at radius 1 is 1.75 bits per heavy atom. The first-order valence-electron chi connectivity index (χ1n) is 2.92. The SMILES string of the molecule is N=C(NC(=O)O)c1nccn1O. The lowest BCUT2D eigenvalue weighted by molar-refractivity contribution is 0.183. The summed E-state index contributed by atoms with van der Waals surface area (Å²) in [5, 5.41) is 25.9. The van der Waals surface area contributed by atoms with E-state index in [2.05, 4.69) is 4.98 Å². The van der Waals surface area contributed by atoms with Gasteiger partial charge in [0, 0.05) is 6.20 Å². The van der Waals surface area contributed by atoms with Gasteiger partial charge in [-0.3, -0.25) is 10.7 Å². The van der Waals surface area contributed by atoms with E-state index in [9.17, 15) is 4.79 Å². The van der Waals surface area contributed by atoms with Crippen molar-refractivity contribution in [2.75, 3.05) is 0 Å². The number of rotatable bonds is 1. The molecule has 0 spiro atoms. The third-order valence-electron chi connectivity index (χ3n) is 1.08. The number of carbonyl (C=O) groups is 1. The zero-order valence-corrected chi connectivity index (χ0v) is 5.85. The molecular formula is C5H6N4O3. The Morgan fingerprint density at radius 2 is 2.42 bits per heavy atom. The number of aromatic nitrogens is 2. The minimum atomic E-state index is -1.37. The van der Waals surface area contributed by atoms with Crippen LogP contribution in [0.4, 0.5) is 4.79 Å². The molecule has 0 aliphatic rings. The Hall–Kier alpha value is -2.05. The molecule has 0 atom stereocenters. The van der Waals surface area contributed by atoms with Gasteiger partial charge in [-0.2, -0.15) is 4.73 Å². The maximum absolute atomic E-state index is 10.0. The molecule has 0 saturated carbocycles. The van der Waals surface area contributed by atoms with Gasteiger partial charge in [-0.25, -0.2) is 9.78 Å². The highest BCUT2D eigenvalue weighted by atomic mass is 16.5. The number of amidine groups is 1. The van der Waals surface area contributed by atoms with Gasteiger partial charge in [0.25, 0.3) is 0 Å². The molecule has 7 nitrogen and oxygen atoms in total. The van der Waals surface area contributed by atoms with Gasteiger partial charge >= 0.3 is 6.09 Å². The van der Waals surface area contributed by atoms with E-state index in [4.69, 9.17) is 15.7 Å². The van der Waals surface area contributed by atoms with Crippen LogP contribution in [0.15, 0.2) is 12.4 Å². The van der Waals surface area contributed by atoms with Crippen LogP contribution in [0.2, 0.25) is 0 Å². The predicted octanol–water partition coefficient (Wildman–Crippen LogP) is -0.287. The van der Waals surface area contributed by atoms with Crippen LogP contribution in [-0.2, 0) is 0 Å². The van der Waals surface area contributed by atoms with Crippen LogP contribution < -0.4 is 5.32 Å². The van der Waals surface area contributed by atoms with Crippen molar-refractivity contribution in [3.8, 4) is 0 Å². The van der Waals surface area contributed by atoms with Crippen LogP contribution in [0.1, 0.15) is 5.82 Å². The average molecular weight is 170 g/mol. The highest BCUT2D eigenvalue weighted by Gasteiger charge is 2.09. The van der Waals surface area contributed by atoms with Crippen LogP contribution in [0.25, 0.3) is 0 Å². The largest absolute Gasteiger partial charge is 0.465 e. The Balaban J connectivity index is 2.78. The van der Waals surface area contributed by atoms with E-state index in [1.54, 1.807) is 5.32 Å². The fourth-order valence-corrected chi connectivity index (χ4v) is 0.639. The summed E-state index contributed by atoms with van der Waals surface area (Å²) in [6, 6.07) is 0. The minimum Gasteiger partial charge on any atom is -0.465 e. The number of hydrogen-bond acceptors (Lipinski definition) is 4. The predicted molar refractivity (Wildman–Crippen MR) is 37.4 cm³/mol. The van der Waals surface area contributed by atoms with Crippen molar-refractivity contribution in [1.29, 1.82) is 5.41 Å². The second-order valence-electron chi connectivity index (χ2n) is 1.90. The average Bonchev–Trinajstić information content (AvgIpc) is 2.33. The maximum atomic E-state index is 10.0. The molecule has 64 valence electrons. The molecule has 0 bridgehead atoms. The van der Waals surface area contributed by atoms with Gasteiger partial charge in [0.2, 0.25) is 5.82 Å². The molecule has 1 aromatic rings. The van der Waals surface area contributed by atoms with Crippen molar-refractivity contribution >= 4 is 11.9 Å². The summed E-state index contributed by atoms with van der Waals surface area (Å²) in [7, 11) is 0. The summed E-state index contributed by atoms with van der Waals surface area (Å²) in [5.74, 6) is -0.632. The van der Waals surface area contributed by atoms with Gasteiger partial charge in [0.15, 0.2) is 5.84 Å². The van der Waals surface area contributed by atoms with Gasteiger partial charge < -0.3 is 10.3 Å². The van der Waals surface area contributed by atoms with E-state index < -0.39 is 11.9 Å². The minimum absolute atomic E-state index is 0.155. The van der Waals surface area contributed by atoms with Crippen molar-refractivity contribution < 1.29 is 15.1 Å². The standard InChI is InChI=1S/C5H6N4O3/c6-3(8-5(10)11)4-7-1-2-9(4)12/h1-2,12H,(H2,6,8)(H,10,11). The van der Waals surface area contributed by atoms with Crippen LogP contribution in [0.5, 0.6) is 0 Å². The van der Waals surface area contributed by atoms with Crippen molar-refractivity contribution in [3.63, 3.8) is 0 Å². The second kappa shape index (κ2) is 2.91. The van der Waals surface area contributed by atoms with Gasteiger partial charge in [-0.15, -0.1) is 0 Å². The van der Waals surface area contributed by atoms with Crippen molar-refractivity contribution in [3.05, 3.63) is 18.2 Å². The van der Waals surface area contributed by atoms with Gasteiger partial charge in [-0.05, 0) is 0 Å². The fourth-order valence-electron chi connectivity index (χ4n) is 0.639. The molecule has 0 aliphatic carbocycles. The summed E-state index contributed by atoms with van der Waals surface area (Å²) < 4.78 is 0.554. The summed E-state index contributed by atoms with van der Waals surface area (Å²) in [6.07, 6.45) is 1.06. The topological polar surface area (TPSA) is 111 Å². The van der Waals surface area contributed by atoms with Crippen molar-refractivity contribution in [2.24, 2.45) is 0 Å². The van der Waals surface area contributed by atoms with E-state index in [1.165, 1.54) is 12.4 Å². The zero-order valence-electron chi connectivity index (χ0n) is 5.85. The molecule has 7 heteroatoms. The summed E-state index contributed by atoms with van der Waals surface area (Å²) >= 11 is 0. The zero-order chi connectivity index (χ0) is 9.14. The highest BCUT2D eigenvalue weighted by Crippen LogP contribution is 1.92. The molecule has 4 N–H and O–H groups in total. The summed E-state index contributed by atoms with van der Waals surface area (Å²) in [6.45, 7) is 0. The molecule has 1 heterocycles. The number of amides is 1. The Labute approximate surface area is 66.7 Å². The van der Waals surface area contributed by atoms with E-state index in [-0.39, 0.29) is 5.82 Å². The van der Waals surface area contributed by atoms with Gasteiger partial charge in [-0.1, -0.05) is 0 Å². The lowest BCUT2D eigenvalue weighted by Gasteiger charge is -2.00. The van der Waals surface area contributed by atoms with Crippen LogP contribution in [0.3, 0.4) is 0 Å². The van der Waals surface area contributed by atoms with E-state index in [1.807, 2.05) is 0 Å². The smallest absolute Gasteiger partial charge is 0.410 e. The van der Waals surface area contributed by atoms with E-state index in [0.29, 0.717) is 4.73 Å². The number of carboxylic acid groups (broad SMARTS) is 1. The molecule has 0 radical (unpaired) electrons. The lowest BCUT2D eigenvalue weighted by Crippen LogP contribution is -2.30. The molecule has 0 unspecified atom stereocenters. The van der Waals surface area contributed by atoms with Crippen LogP contribution >= 0.6 is 0 Å². The summed E-state index contributed by atoms with van der Waals surface area (Å²) in [5.41, 5.74) is 0. The number of nitrogens with one attached hydrogen (secondary N) is 2. The van der Waals surface area contributed by atoms with Gasteiger partial charge in [0.1, 0.15) is 0 Å². The molecule has 0 saturated heterocycles. The monoisotopic (exact) mass is 170 g/mol. The molecular weight excluding hydrogens is 164 g/mol. The fraction of sp³-hybridized carbons (Fsp3) is 0. The Kier molecular flexibility index (Phi) is 1.95. The molecule has 0 aliphatic heterocycles. The van der Waals surface area contributed by atoms with Crippen LogP contribution in [0, 0.1) is 5.41 Å². The quantitative estimate of drug-likeness (QED) is 0.263. The Bertz CT molecular complexity index is 318. The molecule has 0 fully saturated rings. The first-order valence-corrected chi connectivity index (χ1v) is 2.92. The first kappa shape index (κ1) is 8.05. The molecule has 1 amide bonds. The number of nitrogens with zero attached hydrogens (tertiary/aromatic N) is 2. The Morgan fingerprint density at radius 3 is 2.83 bits per heavy atom. The number of hydrogen-bond donors (Lipinski definition) is 4. The van der Waals surface area contributed by atoms with Crippen molar-refractivity contribution in [1.82, 2.24) is 15.0 Å². The molecule has 1 rings (SSSR count). The molecule has 12 heavy (non-hydrogen) atoms. The normalized spacial score (nSPS) is 9.33. The third kappa shape index (κ3) is 1.51. The van der Waals surface area contributed by atoms with E-state index in [0.717, 1.165) is 0 Å². The lowest BCUT2D eigenvalue weighted by atomic mass is 10.5. The highest BCUT2D eigenvalue weighted by molar-refractivity contribution is 6.01. The molecule has 0 aromatic carbocycles. The van der Waals surface area contributed by atoms with Gasteiger partial charge in [0.05, 0.1) is 6.20 Å². The molecule has 1 aromatic heterocycles.